The van der Waals surface area contributed by atoms with Gasteiger partial charge in [-0.05, 0) is 46.1 Å². The van der Waals surface area contributed by atoms with Crippen LogP contribution in [0.4, 0.5) is 4.79 Å². The largest absolute Gasteiger partial charge is 0.481 e. The maximum atomic E-state index is 12.0. The average molecular weight is 299 g/mol. The topological polar surface area (TPSA) is 72.9 Å². The standard InChI is InChI=1S/C15H29N3O3/c1-12(2)17(3)11-8-16-15(21)18-9-6-13(7-10-18)4-5-14(19)20/h12-13H,4-11H2,1-3H3,(H,16,21)(H,19,20). The first-order valence-electron chi connectivity index (χ1n) is 7.85. The summed E-state index contributed by atoms with van der Waals surface area (Å²) in [4.78, 5) is 26.6. The molecule has 1 heterocycles. The van der Waals surface area contributed by atoms with E-state index < -0.39 is 5.97 Å². The third kappa shape index (κ3) is 6.80. The Labute approximate surface area is 127 Å². The lowest BCUT2D eigenvalue weighted by molar-refractivity contribution is -0.137. The summed E-state index contributed by atoms with van der Waals surface area (Å²) in [6.07, 6.45) is 2.78. The van der Waals surface area contributed by atoms with Crippen LogP contribution in [0.25, 0.3) is 0 Å². The van der Waals surface area contributed by atoms with Gasteiger partial charge in [0.25, 0.3) is 0 Å². The zero-order valence-electron chi connectivity index (χ0n) is 13.5. The Kier molecular flexibility index (Phi) is 7.50. The van der Waals surface area contributed by atoms with E-state index >= 15 is 0 Å². The lowest BCUT2D eigenvalue weighted by Gasteiger charge is -2.32. The van der Waals surface area contributed by atoms with Crippen molar-refractivity contribution >= 4 is 12.0 Å². The molecule has 0 aromatic carbocycles. The Bertz CT molecular complexity index is 339. The molecule has 122 valence electrons. The molecule has 2 amide bonds. The first kappa shape index (κ1) is 17.8. The molecule has 21 heavy (non-hydrogen) atoms. The second-order valence-corrected chi connectivity index (χ2v) is 6.17. The highest BCUT2D eigenvalue weighted by Gasteiger charge is 2.22. The van der Waals surface area contributed by atoms with E-state index in [1.807, 2.05) is 11.9 Å². The van der Waals surface area contributed by atoms with Crippen LogP contribution >= 0.6 is 0 Å². The first-order valence-corrected chi connectivity index (χ1v) is 7.85. The van der Waals surface area contributed by atoms with Gasteiger partial charge >= 0.3 is 12.0 Å². The third-order valence-electron chi connectivity index (χ3n) is 4.29. The molecule has 0 saturated carbocycles. The SMILES string of the molecule is CC(C)N(C)CCNC(=O)N1CCC(CCC(=O)O)CC1. The van der Waals surface area contributed by atoms with Crippen molar-refractivity contribution in [2.45, 2.75) is 45.6 Å². The van der Waals surface area contributed by atoms with Crippen molar-refractivity contribution < 1.29 is 14.7 Å². The number of carbonyl (C=O) groups excluding carboxylic acids is 1. The fraction of sp³-hybridized carbons (Fsp3) is 0.867. The molecule has 0 bridgehead atoms. The van der Waals surface area contributed by atoms with E-state index in [2.05, 4.69) is 24.1 Å². The number of likely N-dealkylation sites (N-methyl/N-ethyl adjacent to an activating group) is 1. The quantitative estimate of drug-likeness (QED) is 0.749. The average Bonchev–Trinajstić information content (AvgIpc) is 2.45. The van der Waals surface area contributed by atoms with Crippen molar-refractivity contribution in [2.24, 2.45) is 5.92 Å². The number of hydrogen-bond acceptors (Lipinski definition) is 3. The Morgan fingerprint density at radius 3 is 2.48 bits per heavy atom. The molecule has 1 saturated heterocycles. The van der Waals surface area contributed by atoms with Crippen LogP contribution in [0.2, 0.25) is 0 Å². The monoisotopic (exact) mass is 299 g/mol. The highest BCUT2D eigenvalue weighted by atomic mass is 16.4. The number of amides is 2. The van der Waals surface area contributed by atoms with E-state index in [4.69, 9.17) is 5.11 Å². The number of urea groups is 1. The molecule has 0 unspecified atom stereocenters. The molecular weight excluding hydrogens is 270 g/mol. The van der Waals surface area contributed by atoms with E-state index in [1.54, 1.807) is 0 Å². The van der Waals surface area contributed by atoms with Crippen LogP contribution in [0.3, 0.4) is 0 Å². The molecule has 2 N–H and O–H groups in total. The number of rotatable bonds is 7. The predicted molar refractivity (Wildman–Crippen MR) is 82.3 cm³/mol. The summed E-state index contributed by atoms with van der Waals surface area (Å²) < 4.78 is 0. The molecule has 1 aliphatic heterocycles. The minimum absolute atomic E-state index is 0.00356. The molecule has 0 aromatic rings. The highest BCUT2D eigenvalue weighted by molar-refractivity contribution is 5.74. The van der Waals surface area contributed by atoms with Crippen LogP contribution in [-0.2, 0) is 4.79 Å². The molecular formula is C15H29N3O3. The normalized spacial score (nSPS) is 16.5. The zero-order chi connectivity index (χ0) is 15.8. The van der Waals surface area contributed by atoms with Crippen LogP contribution in [0.15, 0.2) is 0 Å². The van der Waals surface area contributed by atoms with Crippen molar-refractivity contribution in [3.8, 4) is 0 Å². The minimum Gasteiger partial charge on any atom is -0.481 e. The number of nitrogens with zero attached hydrogens (tertiary/aromatic N) is 2. The van der Waals surface area contributed by atoms with Gasteiger partial charge in [-0.2, -0.15) is 0 Å². The summed E-state index contributed by atoms with van der Waals surface area (Å²) in [5.41, 5.74) is 0. The number of hydrogen-bond donors (Lipinski definition) is 2. The third-order valence-corrected chi connectivity index (χ3v) is 4.29. The minimum atomic E-state index is -0.732. The smallest absolute Gasteiger partial charge is 0.317 e. The van der Waals surface area contributed by atoms with Gasteiger partial charge in [0.05, 0.1) is 0 Å². The molecule has 0 aromatic heterocycles. The van der Waals surface area contributed by atoms with Gasteiger partial charge in [-0.15, -0.1) is 0 Å². The molecule has 0 atom stereocenters. The maximum absolute atomic E-state index is 12.0. The number of carboxylic acids is 1. The molecule has 1 rings (SSSR count). The first-order chi connectivity index (χ1) is 9.90. The van der Waals surface area contributed by atoms with E-state index in [-0.39, 0.29) is 12.5 Å². The molecule has 1 fully saturated rings. The van der Waals surface area contributed by atoms with Gasteiger partial charge in [-0.3, -0.25) is 4.79 Å². The summed E-state index contributed by atoms with van der Waals surface area (Å²) in [5, 5.41) is 11.6. The van der Waals surface area contributed by atoms with E-state index in [9.17, 15) is 9.59 Å². The van der Waals surface area contributed by atoms with Crippen molar-refractivity contribution in [1.82, 2.24) is 15.1 Å². The lowest BCUT2D eigenvalue weighted by atomic mass is 9.92. The van der Waals surface area contributed by atoms with Crippen LogP contribution in [0, 0.1) is 5.92 Å². The second-order valence-electron chi connectivity index (χ2n) is 6.17. The molecule has 6 nitrogen and oxygen atoms in total. The summed E-state index contributed by atoms with van der Waals surface area (Å²) in [5.74, 6) is -0.290. The van der Waals surface area contributed by atoms with Crippen molar-refractivity contribution in [3.05, 3.63) is 0 Å². The number of piperidine rings is 1. The molecule has 0 aliphatic carbocycles. The Hall–Kier alpha value is -1.30. The predicted octanol–water partition coefficient (Wildman–Crippen LogP) is 1.61. The zero-order valence-corrected chi connectivity index (χ0v) is 13.5. The second kappa shape index (κ2) is 8.87. The number of likely N-dealkylation sites (tertiary alicyclic amines) is 1. The molecule has 6 heteroatoms. The van der Waals surface area contributed by atoms with Crippen LogP contribution in [0.5, 0.6) is 0 Å². The van der Waals surface area contributed by atoms with Gasteiger partial charge < -0.3 is 20.2 Å². The van der Waals surface area contributed by atoms with Crippen molar-refractivity contribution in [2.75, 3.05) is 33.2 Å². The number of carbonyl (C=O) groups is 2. The van der Waals surface area contributed by atoms with Gasteiger partial charge in [0.2, 0.25) is 0 Å². The van der Waals surface area contributed by atoms with Gasteiger partial charge in [0.1, 0.15) is 0 Å². The fourth-order valence-corrected chi connectivity index (χ4v) is 2.46. The highest BCUT2D eigenvalue weighted by Crippen LogP contribution is 2.21. The summed E-state index contributed by atoms with van der Waals surface area (Å²) in [6.45, 7) is 7.23. The maximum Gasteiger partial charge on any atom is 0.317 e. The van der Waals surface area contributed by atoms with Crippen LogP contribution in [-0.4, -0.2) is 66.2 Å². The number of aliphatic carboxylic acids is 1. The summed E-state index contributed by atoms with van der Waals surface area (Å²) in [7, 11) is 2.05. The van der Waals surface area contributed by atoms with Gasteiger partial charge in [-0.1, -0.05) is 0 Å². The lowest BCUT2D eigenvalue weighted by Crippen LogP contribution is -2.46. The fourth-order valence-electron chi connectivity index (χ4n) is 2.46. The molecule has 1 aliphatic rings. The Morgan fingerprint density at radius 1 is 1.33 bits per heavy atom. The van der Waals surface area contributed by atoms with Crippen molar-refractivity contribution in [1.29, 1.82) is 0 Å². The van der Waals surface area contributed by atoms with Gasteiger partial charge in [0.15, 0.2) is 0 Å². The number of nitrogens with one attached hydrogen (secondary N) is 1. The summed E-state index contributed by atoms with van der Waals surface area (Å²) >= 11 is 0. The Balaban J connectivity index is 2.18. The molecule has 0 radical (unpaired) electrons. The molecule has 0 spiro atoms. The number of carboxylic acid groups (broad SMARTS) is 1. The van der Waals surface area contributed by atoms with Gasteiger partial charge in [0, 0.05) is 38.6 Å². The van der Waals surface area contributed by atoms with Crippen LogP contribution < -0.4 is 5.32 Å². The van der Waals surface area contributed by atoms with Crippen LogP contribution in [0.1, 0.15) is 39.5 Å². The Morgan fingerprint density at radius 2 is 1.95 bits per heavy atom. The van der Waals surface area contributed by atoms with E-state index in [0.29, 0.717) is 18.5 Å². The summed E-state index contributed by atoms with van der Waals surface area (Å²) in [6, 6.07) is 0.482. The van der Waals surface area contributed by atoms with Gasteiger partial charge in [-0.25, -0.2) is 4.79 Å². The van der Waals surface area contributed by atoms with E-state index in [1.165, 1.54) is 0 Å². The van der Waals surface area contributed by atoms with Crippen molar-refractivity contribution in [3.63, 3.8) is 0 Å². The van der Waals surface area contributed by atoms with E-state index in [0.717, 1.165) is 38.9 Å².